The maximum Gasteiger partial charge on any atom is 0.458 e. The molecule has 0 amide bonds. The molecular weight excluding hydrogens is 263 g/mol. The predicted molar refractivity (Wildman–Crippen MR) is 68.6 cm³/mol. The van der Waals surface area contributed by atoms with Crippen LogP contribution in [0.15, 0.2) is 6.33 Å². The van der Waals surface area contributed by atoms with E-state index in [1.165, 1.54) is 17.9 Å². The van der Waals surface area contributed by atoms with Crippen LogP contribution < -0.4 is 0 Å². The second kappa shape index (κ2) is 6.71. The fourth-order valence-corrected chi connectivity index (χ4v) is 2.38. The second-order valence-corrected chi connectivity index (χ2v) is 5.14. The van der Waals surface area contributed by atoms with Gasteiger partial charge < -0.3 is 9.68 Å². The molecule has 0 saturated carbocycles. The summed E-state index contributed by atoms with van der Waals surface area (Å²) in [6.45, 7) is 1.59. The largest absolute Gasteiger partial charge is 0.458 e. The Labute approximate surface area is 116 Å². The van der Waals surface area contributed by atoms with Crippen LogP contribution in [0.25, 0.3) is 0 Å². The molecule has 2 heterocycles. The molecule has 20 heavy (non-hydrogen) atoms. The van der Waals surface area contributed by atoms with Gasteiger partial charge in [0.15, 0.2) is 5.78 Å². The number of ketones is 2. The van der Waals surface area contributed by atoms with Crippen molar-refractivity contribution in [1.29, 1.82) is 0 Å². The second-order valence-electron chi connectivity index (χ2n) is 5.14. The zero-order valence-electron chi connectivity index (χ0n) is 11.3. The van der Waals surface area contributed by atoms with Gasteiger partial charge in [-0.05, 0) is 30.2 Å². The standard InChI is InChI=1S/C11H17BN4O4/c1-8(17)4-11-3-2-9(12(19)20-11)5-10(18)6-16-7-13-14-15-16/h7,9,11,19H,2-6H2,1H3/t9-,11+/m1/s1. The van der Waals surface area contributed by atoms with E-state index >= 15 is 0 Å². The molecule has 1 aromatic rings. The molecule has 8 nitrogen and oxygen atoms in total. The van der Waals surface area contributed by atoms with Gasteiger partial charge in [-0.3, -0.25) is 9.59 Å². The minimum Gasteiger partial charge on any atom is -0.427 e. The highest BCUT2D eigenvalue weighted by atomic mass is 16.5. The van der Waals surface area contributed by atoms with E-state index in [4.69, 9.17) is 4.65 Å². The summed E-state index contributed by atoms with van der Waals surface area (Å²) in [5.41, 5.74) is 0. The van der Waals surface area contributed by atoms with Crippen LogP contribution in [0.1, 0.15) is 32.6 Å². The van der Waals surface area contributed by atoms with Crippen molar-refractivity contribution in [3.05, 3.63) is 6.33 Å². The molecule has 0 spiro atoms. The number of carbonyl (C=O) groups is 2. The quantitative estimate of drug-likeness (QED) is 0.709. The van der Waals surface area contributed by atoms with Gasteiger partial charge in [0.1, 0.15) is 18.7 Å². The first kappa shape index (κ1) is 14.8. The topological polar surface area (TPSA) is 107 Å². The van der Waals surface area contributed by atoms with E-state index < -0.39 is 7.12 Å². The third-order valence-corrected chi connectivity index (χ3v) is 3.33. The Balaban J connectivity index is 1.79. The Morgan fingerprint density at radius 3 is 2.85 bits per heavy atom. The Bertz CT molecular complexity index is 467. The lowest BCUT2D eigenvalue weighted by Crippen LogP contribution is -2.38. The predicted octanol–water partition coefficient (Wildman–Crippen LogP) is -0.359. The summed E-state index contributed by atoms with van der Waals surface area (Å²) in [6.07, 6.45) is 3.00. The van der Waals surface area contributed by atoms with Crippen molar-refractivity contribution < 1.29 is 19.3 Å². The van der Waals surface area contributed by atoms with Crippen molar-refractivity contribution in [2.75, 3.05) is 0 Å². The zero-order chi connectivity index (χ0) is 14.5. The van der Waals surface area contributed by atoms with Crippen LogP contribution >= 0.6 is 0 Å². The smallest absolute Gasteiger partial charge is 0.427 e. The van der Waals surface area contributed by atoms with E-state index in [0.717, 1.165) is 0 Å². The van der Waals surface area contributed by atoms with Crippen LogP contribution in [0.5, 0.6) is 0 Å². The summed E-state index contributed by atoms with van der Waals surface area (Å²) in [7, 11) is -0.995. The lowest BCUT2D eigenvalue weighted by Gasteiger charge is -2.30. The number of tetrazole rings is 1. The molecule has 2 rings (SSSR count). The molecule has 1 N–H and O–H groups in total. The maximum atomic E-state index is 11.8. The summed E-state index contributed by atoms with van der Waals surface area (Å²) in [4.78, 5) is 22.9. The molecule has 0 unspecified atom stereocenters. The van der Waals surface area contributed by atoms with E-state index in [1.54, 1.807) is 0 Å². The number of carbonyl (C=O) groups excluding carboxylic acids is 2. The molecule has 0 radical (unpaired) electrons. The van der Waals surface area contributed by atoms with Crippen molar-refractivity contribution in [2.24, 2.45) is 0 Å². The minimum absolute atomic E-state index is 0.0374. The Hall–Kier alpha value is -1.61. The normalized spacial score (nSPS) is 22.8. The fraction of sp³-hybridized carbons (Fsp3) is 0.727. The highest BCUT2D eigenvalue weighted by Crippen LogP contribution is 2.30. The van der Waals surface area contributed by atoms with E-state index in [1.807, 2.05) is 0 Å². The van der Waals surface area contributed by atoms with E-state index in [-0.39, 0.29) is 36.5 Å². The minimum atomic E-state index is -0.995. The molecule has 0 aromatic carbocycles. The van der Waals surface area contributed by atoms with Crippen LogP contribution in [0.4, 0.5) is 0 Å². The van der Waals surface area contributed by atoms with Gasteiger partial charge in [-0.25, -0.2) is 4.68 Å². The third kappa shape index (κ3) is 4.21. The summed E-state index contributed by atoms with van der Waals surface area (Å²) in [5, 5.41) is 20.4. The van der Waals surface area contributed by atoms with Crippen molar-refractivity contribution in [1.82, 2.24) is 20.2 Å². The summed E-state index contributed by atoms with van der Waals surface area (Å²) in [6, 6.07) is 0. The number of nitrogens with zero attached hydrogens (tertiary/aromatic N) is 4. The van der Waals surface area contributed by atoms with E-state index in [2.05, 4.69) is 15.5 Å². The third-order valence-electron chi connectivity index (χ3n) is 3.33. The maximum absolute atomic E-state index is 11.8. The van der Waals surface area contributed by atoms with Crippen molar-refractivity contribution in [2.45, 2.75) is 51.1 Å². The summed E-state index contributed by atoms with van der Waals surface area (Å²) >= 11 is 0. The van der Waals surface area contributed by atoms with Gasteiger partial charge in [0.25, 0.3) is 0 Å². The molecule has 1 aromatic heterocycles. The van der Waals surface area contributed by atoms with Crippen LogP contribution in [0.3, 0.4) is 0 Å². The zero-order valence-corrected chi connectivity index (χ0v) is 11.3. The van der Waals surface area contributed by atoms with Gasteiger partial charge in [0.2, 0.25) is 0 Å². The fourth-order valence-electron chi connectivity index (χ4n) is 2.38. The molecule has 2 atom stereocenters. The number of aromatic nitrogens is 4. The van der Waals surface area contributed by atoms with Gasteiger partial charge in [0, 0.05) is 24.8 Å². The lowest BCUT2D eigenvalue weighted by molar-refractivity contribution is -0.121. The monoisotopic (exact) mass is 280 g/mol. The van der Waals surface area contributed by atoms with Crippen LogP contribution in [-0.2, 0) is 20.8 Å². The van der Waals surface area contributed by atoms with E-state index in [9.17, 15) is 14.6 Å². The van der Waals surface area contributed by atoms with Gasteiger partial charge in [-0.15, -0.1) is 5.10 Å². The van der Waals surface area contributed by atoms with Crippen molar-refractivity contribution >= 4 is 18.7 Å². The average molecular weight is 280 g/mol. The highest BCUT2D eigenvalue weighted by molar-refractivity contribution is 6.45. The molecule has 1 saturated heterocycles. The molecule has 1 fully saturated rings. The molecule has 108 valence electrons. The number of Topliss-reactive ketones (excluding diaryl/α,β-unsaturated/α-hetero) is 2. The summed E-state index contributed by atoms with van der Waals surface area (Å²) < 4.78 is 6.73. The molecule has 1 aliphatic heterocycles. The number of rotatable bonds is 6. The number of hydrogen-bond donors (Lipinski definition) is 1. The van der Waals surface area contributed by atoms with Gasteiger partial charge >= 0.3 is 7.12 Å². The Morgan fingerprint density at radius 2 is 2.25 bits per heavy atom. The lowest BCUT2D eigenvalue weighted by atomic mass is 9.64. The van der Waals surface area contributed by atoms with Gasteiger partial charge in [0.05, 0.1) is 0 Å². The van der Waals surface area contributed by atoms with Crippen LogP contribution in [0, 0.1) is 0 Å². The van der Waals surface area contributed by atoms with Crippen LogP contribution in [0.2, 0.25) is 5.82 Å². The summed E-state index contributed by atoms with van der Waals surface area (Å²) in [5.74, 6) is -0.257. The molecule has 9 heteroatoms. The molecule has 0 bridgehead atoms. The first-order valence-corrected chi connectivity index (χ1v) is 6.60. The first-order valence-electron chi connectivity index (χ1n) is 6.60. The SMILES string of the molecule is CC(=O)C[C@@H]1CC[C@H](CC(=O)Cn2cnnn2)B(O)O1. The van der Waals surface area contributed by atoms with Gasteiger partial charge in [-0.1, -0.05) is 0 Å². The van der Waals surface area contributed by atoms with Gasteiger partial charge in [-0.2, -0.15) is 0 Å². The van der Waals surface area contributed by atoms with Crippen molar-refractivity contribution in [3.8, 4) is 0 Å². The molecule has 0 aliphatic carbocycles. The average Bonchev–Trinajstić information content (AvgIpc) is 2.84. The molecule has 1 aliphatic rings. The Morgan fingerprint density at radius 1 is 1.45 bits per heavy atom. The first-order chi connectivity index (χ1) is 9.54. The van der Waals surface area contributed by atoms with Crippen molar-refractivity contribution in [3.63, 3.8) is 0 Å². The number of hydrogen-bond acceptors (Lipinski definition) is 7. The molecular formula is C11H17BN4O4. The highest BCUT2D eigenvalue weighted by Gasteiger charge is 2.36. The van der Waals surface area contributed by atoms with E-state index in [0.29, 0.717) is 19.3 Å². The van der Waals surface area contributed by atoms with Crippen LogP contribution in [-0.4, -0.2) is 50.0 Å². The Kier molecular flexibility index (Phi) is 4.97.